The van der Waals surface area contributed by atoms with Crippen LogP contribution in [0.2, 0.25) is 0 Å². The lowest BCUT2D eigenvalue weighted by atomic mass is 10.0. The largest absolute Gasteiger partial charge is 0.462 e. The fraction of sp³-hybridized carbons (Fsp3) is 0.710. The SMILES string of the molecule is CC/C=C/C=C/C=C\C=C/C=C/CCCC(CC(=O)NC(CO)C(O)CCCCCCCCCCCCCCCCCCC)OC(=O)CCCCCCCC/C=C\C/C=C\C/C=C\CCCCC. The first-order valence-electron chi connectivity index (χ1n) is 28.5. The second-order valence-electron chi connectivity index (χ2n) is 19.1. The molecule has 0 aromatic rings. The van der Waals surface area contributed by atoms with Gasteiger partial charge in [0, 0.05) is 6.42 Å². The highest BCUT2D eigenvalue weighted by Gasteiger charge is 2.24. The van der Waals surface area contributed by atoms with Gasteiger partial charge in [0.25, 0.3) is 0 Å². The van der Waals surface area contributed by atoms with Crippen molar-refractivity contribution in [1.82, 2.24) is 5.32 Å². The zero-order valence-electron chi connectivity index (χ0n) is 44.5. The van der Waals surface area contributed by atoms with Gasteiger partial charge in [0.1, 0.15) is 6.10 Å². The lowest BCUT2D eigenvalue weighted by Gasteiger charge is -2.24. The number of nitrogens with one attached hydrogen (secondary N) is 1. The summed E-state index contributed by atoms with van der Waals surface area (Å²) in [4.78, 5) is 26.2. The first-order valence-corrected chi connectivity index (χ1v) is 28.5. The standard InChI is InChI=1S/C62H107NO5/c1-4-7-10-13-16-19-22-25-27-29-30-32-34-37-40-43-46-49-52-55-62(67)68-58(53-50-47-44-41-38-35-24-21-18-15-12-9-6-3)56-61(66)63-59(57-64)60(65)54-51-48-45-42-39-36-33-31-28-26-23-20-17-14-11-8-5-2/h9,12,15-16,18-19,21,24-25,27,30,32,35,38,41,44,58-60,64-65H,4-8,10-11,13-14,17,20,22-23,26,28-29,31,33-34,36-37,39-40,42-43,45-57H2,1-3H3,(H,63,66)/b12-9+,18-15+,19-16-,24-21-,27-25-,32-30-,38-35-,44-41+. The third-order valence-electron chi connectivity index (χ3n) is 12.5. The molecule has 0 bridgehead atoms. The molecule has 68 heavy (non-hydrogen) atoms. The van der Waals surface area contributed by atoms with E-state index in [1.165, 1.54) is 135 Å². The van der Waals surface area contributed by atoms with Crippen molar-refractivity contribution < 1.29 is 24.5 Å². The van der Waals surface area contributed by atoms with Crippen molar-refractivity contribution in [2.24, 2.45) is 0 Å². The average Bonchev–Trinajstić information content (AvgIpc) is 3.33. The molecule has 3 unspecified atom stereocenters. The molecule has 0 aromatic heterocycles. The average molecular weight is 947 g/mol. The van der Waals surface area contributed by atoms with Crippen LogP contribution in [0.15, 0.2) is 97.2 Å². The van der Waals surface area contributed by atoms with Gasteiger partial charge in [0.05, 0.1) is 25.2 Å². The van der Waals surface area contributed by atoms with Crippen LogP contribution in [-0.2, 0) is 14.3 Å². The molecule has 0 spiro atoms. The van der Waals surface area contributed by atoms with Crippen molar-refractivity contribution in [3.8, 4) is 0 Å². The monoisotopic (exact) mass is 946 g/mol. The Morgan fingerprint density at radius 1 is 0.456 bits per heavy atom. The van der Waals surface area contributed by atoms with Gasteiger partial charge in [0.2, 0.25) is 5.91 Å². The third kappa shape index (κ3) is 49.2. The lowest BCUT2D eigenvalue weighted by molar-refractivity contribution is -0.151. The molecule has 0 radical (unpaired) electrons. The van der Waals surface area contributed by atoms with Gasteiger partial charge in [-0.2, -0.15) is 0 Å². The molecular weight excluding hydrogens is 839 g/mol. The normalized spacial score (nSPS) is 13.9. The maximum atomic E-state index is 13.2. The van der Waals surface area contributed by atoms with E-state index in [0.29, 0.717) is 19.3 Å². The van der Waals surface area contributed by atoms with Gasteiger partial charge < -0.3 is 20.3 Å². The summed E-state index contributed by atoms with van der Waals surface area (Å²) >= 11 is 0. The number of ether oxygens (including phenoxy) is 1. The Bertz CT molecular complexity index is 1340. The molecule has 0 fully saturated rings. The molecule has 390 valence electrons. The van der Waals surface area contributed by atoms with E-state index in [1.54, 1.807) is 0 Å². The Morgan fingerprint density at radius 3 is 1.38 bits per heavy atom. The molecule has 1 amide bonds. The number of esters is 1. The number of aliphatic hydroxyl groups is 2. The van der Waals surface area contributed by atoms with Crippen molar-refractivity contribution in [2.45, 2.75) is 277 Å². The minimum Gasteiger partial charge on any atom is -0.462 e. The predicted molar refractivity (Wildman–Crippen MR) is 296 cm³/mol. The molecule has 0 aliphatic carbocycles. The van der Waals surface area contributed by atoms with Crippen molar-refractivity contribution in [3.63, 3.8) is 0 Å². The second-order valence-corrected chi connectivity index (χ2v) is 19.1. The topological polar surface area (TPSA) is 95.9 Å². The van der Waals surface area contributed by atoms with E-state index in [1.807, 2.05) is 48.6 Å². The Hall–Kier alpha value is -3.22. The predicted octanol–water partition coefficient (Wildman–Crippen LogP) is 17.7. The smallest absolute Gasteiger partial charge is 0.306 e. The molecule has 0 rings (SSSR count). The second kappa shape index (κ2) is 54.7. The van der Waals surface area contributed by atoms with Gasteiger partial charge in [-0.05, 0) is 77.0 Å². The van der Waals surface area contributed by atoms with Crippen molar-refractivity contribution in [2.75, 3.05) is 6.61 Å². The molecule has 0 heterocycles. The maximum Gasteiger partial charge on any atom is 0.306 e. The molecule has 6 heteroatoms. The fourth-order valence-electron chi connectivity index (χ4n) is 8.23. The molecular formula is C62H107NO5. The molecule has 0 saturated heterocycles. The zero-order valence-corrected chi connectivity index (χ0v) is 44.5. The minimum atomic E-state index is -0.815. The summed E-state index contributed by atoms with van der Waals surface area (Å²) < 4.78 is 5.91. The summed E-state index contributed by atoms with van der Waals surface area (Å²) in [6.07, 6.45) is 73.3. The van der Waals surface area contributed by atoms with Crippen LogP contribution in [-0.4, -0.2) is 46.9 Å². The molecule has 3 atom stereocenters. The van der Waals surface area contributed by atoms with E-state index in [4.69, 9.17) is 4.74 Å². The van der Waals surface area contributed by atoms with Crippen LogP contribution in [0.4, 0.5) is 0 Å². The number of unbranched alkanes of at least 4 members (excludes halogenated alkanes) is 26. The Labute approximate surface area is 420 Å². The number of aliphatic hydroxyl groups excluding tert-OH is 2. The van der Waals surface area contributed by atoms with E-state index in [9.17, 15) is 19.8 Å². The summed E-state index contributed by atoms with van der Waals surface area (Å²) in [6, 6.07) is -0.734. The Balaban J connectivity index is 4.62. The molecule has 6 nitrogen and oxygen atoms in total. The van der Waals surface area contributed by atoms with E-state index in [0.717, 1.165) is 77.0 Å². The zero-order chi connectivity index (χ0) is 49.5. The number of hydrogen-bond acceptors (Lipinski definition) is 5. The number of carbonyl (C=O) groups excluding carboxylic acids is 2. The van der Waals surface area contributed by atoms with Gasteiger partial charge in [-0.3, -0.25) is 9.59 Å². The number of hydrogen-bond donors (Lipinski definition) is 3. The quantitative estimate of drug-likeness (QED) is 0.0244. The van der Waals surface area contributed by atoms with Crippen molar-refractivity contribution >= 4 is 11.9 Å². The van der Waals surface area contributed by atoms with Gasteiger partial charge in [-0.15, -0.1) is 0 Å². The number of allylic oxidation sites excluding steroid dienone is 16. The highest BCUT2D eigenvalue weighted by Crippen LogP contribution is 2.17. The highest BCUT2D eigenvalue weighted by molar-refractivity contribution is 5.77. The van der Waals surface area contributed by atoms with Crippen molar-refractivity contribution in [3.05, 3.63) is 97.2 Å². The van der Waals surface area contributed by atoms with Crippen molar-refractivity contribution in [1.29, 1.82) is 0 Å². The molecule has 0 aromatic carbocycles. The van der Waals surface area contributed by atoms with Crippen LogP contribution in [0.25, 0.3) is 0 Å². The van der Waals surface area contributed by atoms with E-state index in [2.05, 4.69) is 74.7 Å². The van der Waals surface area contributed by atoms with Crippen LogP contribution in [0, 0.1) is 0 Å². The van der Waals surface area contributed by atoms with Crippen LogP contribution in [0.1, 0.15) is 258 Å². The number of carbonyl (C=O) groups is 2. The van der Waals surface area contributed by atoms with Crippen LogP contribution < -0.4 is 5.32 Å². The molecule has 3 N–H and O–H groups in total. The van der Waals surface area contributed by atoms with Crippen LogP contribution >= 0.6 is 0 Å². The first kappa shape index (κ1) is 64.8. The Kier molecular flexibility index (Phi) is 52.1. The Morgan fingerprint density at radius 2 is 0.868 bits per heavy atom. The van der Waals surface area contributed by atoms with Crippen LogP contribution in [0.5, 0.6) is 0 Å². The van der Waals surface area contributed by atoms with E-state index >= 15 is 0 Å². The molecule has 0 aliphatic heterocycles. The molecule has 0 saturated carbocycles. The van der Waals surface area contributed by atoms with Gasteiger partial charge in [0.15, 0.2) is 0 Å². The van der Waals surface area contributed by atoms with Gasteiger partial charge in [-0.25, -0.2) is 0 Å². The maximum absolute atomic E-state index is 13.2. The number of amides is 1. The summed E-state index contributed by atoms with van der Waals surface area (Å²) in [7, 11) is 0. The lowest BCUT2D eigenvalue weighted by Crippen LogP contribution is -2.46. The van der Waals surface area contributed by atoms with Gasteiger partial charge in [-0.1, -0.05) is 266 Å². The minimum absolute atomic E-state index is 0.0186. The van der Waals surface area contributed by atoms with Gasteiger partial charge >= 0.3 is 5.97 Å². The summed E-state index contributed by atoms with van der Waals surface area (Å²) in [5.74, 6) is -0.563. The highest BCUT2D eigenvalue weighted by atomic mass is 16.5. The summed E-state index contributed by atoms with van der Waals surface area (Å²) in [5, 5.41) is 23.8. The summed E-state index contributed by atoms with van der Waals surface area (Å²) in [6.45, 7) is 6.30. The van der Waals surface area contributed by atoms with Crippen LogP contribution in [0.3, 0.4) is 0 Å². The van der Waals surface area contributed by atoms with E-state index < -0.39 is 18.2 Å². The third-order valence-corrected chi connectivity index (χ3v) is 12.5. The first-order chi connectivity index (χ1) is 33.5. The summed E-state index contributed by atoms with van der Waals surface area (Å²) in [5.41, 5.74) is 0. The van der Waals surface area contributed by atoms with E-state index in [-0.39, 0.29) is 24.9 Å². The number of rotatable bonds is 50. The fourth-order valence-corrected chi connectivity index (χ4v) is 8.23. The molecule has 0 aliphatic rings.